The predicted molar refractivity (Wildman–Crippen MR) is 77.3 cm³/mol. The van der Waals surface area contributed by atoms with E-state index in [4.69, 9.17) is 0 Å². The number of nitrogens with zero attached hydrogens (tertiary/aromatic N) is 1. The Hall–Kier alpha value is -0.780. The first-order valence-corrected chi connectivity index (χ1v) is 7.42. The Morgan fingerprint density at radius 2 is 2.22 bits per heavy atom. The molecule has 5 heteroatoms. The lowest BCUT2D eigenvalue weighted by molar-refractivity contribution is 0.587. The van der Waals surface area contributed by atoms with Gasteiger partial charge in [-0.25, -0.2) is 9.37 Å². The quantitative estimate of drug-likeness (QED) is 0.900. The van der Waals surface area contributed by atoms with Gasteiger partial charge < -0.3 is 5.32 Å². The Kier molecular flexibility index (Phi) is 4.48. The molecule has 1 N–H and O–H groups in total. The SMILES string of the molecule is CCNC(C)c1csc(-c2cc(F)cc(Br)c2)n1. The summed E-state index contributed by atoms with van der Waals surface area (Å²) in [6, 6.07) is 5.05. The van der Waals surface area contributed by atoms with E-state index in [0.29, 0.717) is 0 Å². The van der Waals surface area contributed by atoms with Crippen molar-refractivity contribution in [1.82, 2.24) is 10.3 Å². The van der Waals surface area contributed by atoms with E-state index in [9.17, 15) is 4.39 Å². The van der Waals surface area contributed by atoms with Crippen LogP contribution in [0.25, 0.3) is 10.6 Å². The smallest absolute Gasteiger partial charge is 0.125 e. The highest BCUT2D eigenvalue weighted by molar-refractivity contribution is 9.10. The van der Waals surface area contributed by atoms with Crippen molar-refractivity contribution in [3.63, 3.8) is 0 Å². The molecule has 1 unspecified atom stereocenters. The van der Waals surface area contributed by atoms with Gasteiger partial charge in [-0.3, -0.25) is 0 Å². The fraction of sp³-hybridized carbons (Fsp3) is 0.308. The van der Waals surface area contributed by atoms with Gasteiger partial charge in [0.1, 0.15) is 10.8 Å². The summed E-state index contributed by atoms with van der Waals surface area (Å²) in [5.41, 5.74) is 1.80. The summed E-state index contributed by atoms with van der Waals surface area (Å²) in [6.07, 6.45) is 0. The molecule has 1 heterocycles. The van der Waals surface area contributed by atoms with Gasteiger partial charge in [0, 0.05) is 21.5 Å². The van der Waals surface area contributed by atoms with Crippen LogP contribution in [-0.2, 0) is 0 Å². The molecule has 2 rings (SSSR count). The van der Waals surface area contributed by atoms with Gasteiger partial charge in [0.15, 0.2) is 0 Å². The number of nitrogens with one attached hydrogen (secondary N) is 1. The maximum Gasteiger partial charge on any atom is 0.125 e. The average molecular weight is 329 g/mol. The Morgan fingerprint density at radius 3 is 2.89 bits per heavy atom. The van der Waals surface area contributed by atoms with E-state index in [0.717, 1.165) is 27.3 Å². The summed E-state index contributed by atoms with van der Waals surface area (Å²) < 4.78 is 14.1. The number of rotatable bonds is 4. The number of thiazole rings is 1. The molecular formula is C13H14BrFN2S. The van der Waals surface area contributed by atoms with Gasteiger partial charge in [0.05, 0.1) is 5.69 Å². The van der Waals surface area contributed by atoms with Crippen LogP contribution in [0.5, 0.6) is 0 Å². The zero-order valence-corrected chi connectivity index (χ0v) is 12.6. The lowest BCUT2D eigenvalue weighted by atomic mass is 10.2. The second-order valence-electron chi connectivity index (χ2n) is 4.02. The van der Waals surface area contributed by atoms with Crippen LogP contribution in [0.15, 0.2) is 28.1 Å². The second-order valence-corrected chi connectivity index (χ2v) is 5.79. The van der Waals surface area contributed by atoms with Crippen LogP contribution in [0.3, 0.4) is 0 Å². The summed E-state index contributed by atoms with van der Waals surface area (Å²) in [4.78, 5) is 4.55. The maximum atomic E-state index is 13.3. The molecule has 2 nitrogen and oxygen atoms in total. The lowest BCUT2D eigenvalue weighted by Crippen LogP contribution is -2.17. The van der Waals surface area contributed by atoms with Crippen molar-refractivity contribution in [3.8, 4) is 10.6 Å². The average Bonchev–Trinajstić information content (AvgIpc) is 2.77. The van der Waals surface area contributed by atoms with Crippen LogP contribution in [0, 0.1) is 5.82 Å². The Balaban J connectivity index is 2.29. The number of aromatic nitrogens is 1. The Morgan fingerprint density at radius 1 is 1.44 bits per heavy atom. The molecule has 0 aliphatic heterocycles. The van der Waals surface area contributed by atoms with Crippen molar-refractivity contribution in [2.45, 2.75) is 19.9 Å². The molecule has 1 aromatic carbocycles. The van der Waals surface area contributed by atoms with Crippen molar-refractivity contribution in [3.05, 3.63) is 39.6 Å². The van der Waals surface area contributed by atoms with E-state index in [1.807, 2.05) is 11.4 Å². The van der Waals surface area contributed by atoms with E-state index < -0.39 is 0 Å². The zero-order valence-electron chi connectivity index (χ0n) is 10.2. The molecule has 0 aliphatic carbocycles. The van der Waals surface area contributed by atoms with E-state index in [1.165, 1.54) is 23.5 Å². The highest BCUT2D eigenvalue weighted by Crippen LogP contribution is 2.29. The van der Waals surface area contributed by atoms with Crippen molar-refractivity contribution in [2.75, 3.05) is 6.54 Å². The van der Waals surface area contributed by atoms with Gasteiger partial charge in [-0.1, -0.05) is 22.9 Å². The van der Waals surface area contributed by atoms with Gasteiger partial charge in [-0.05, 0) is 31.7 Å². The van der Waals surface area contributed by atoms with Crippen LogP contribution in [-0.4, -0.2) is 11.5 Å². The van der Waals surface area contributed by atoms with Crippen molar-refractivity contribution in [2.24, 2.45) is 0 Å². The number of benzene rings is 1. The molecule has 96 valence electrons. The highest BCUT2D eigenvalue weighted by atomic mass is 79.9. The summed E-state index contributed by atoms with van der Waals surface area (Å²) in [5, 5.41) is 6.17. The molecule has 0 radical (unpaired) electrons. The molecule has 0 spiro atoms. The highest BCUT2D eigenvalue weighted by Gasteiger charge is 2.11. The minimum Gasteiger partial charge on any atom is -0.309 e. The van der Waals surface area contributed by atoms with Crippen LogP contribution in [0.2, 0.25) is 0 Å². The van der Waals surface area contributed by atoms with Crippen molar-refractivity contribution < 1.29 is 4.39 Å². The molecule has 0 fully saturated rings. The summed E-state index contributed by atoms with van der Waals surface area (Å²) in [7, 11) is 0. The first kappa shape index (κ1) is 13.6. The van der Waals surface area contributed by atoms with E-state index >= 15 is 0 Å². The van der Waals surface area contributed by atoms with Gasteiger partial charge in [-0.2, -0.15) is 0 Å². The molecular weight excluding hydrogens is 315 g/mol. The monoisotopic (exact) mass is 328 g/mol. The Labute approximate surface area is 118 Å². The number of hydrogen-bond donors (Lipinski definition) is 1. The largest absolute Gasteiger partial charge is 0.309 e. The first-order chi connectivity index (χ1) is 8.60. The number of halogens is 2. The molecule has 0 bridgehead atoms. The fourth-order valence-electron chi connectivity index (χ4n) is 1.71. The standard InChI is InChI=1S/C13H14BrFN2S/c1-3-16-8(2)12-7-18-13(17-12)9-4-10(14)6-11(15)5-9/h4-8,16H,3H2,1-2H3. The van der Waals surface area contributed by atoms with Gasteiger partial charge in [0.2, 0.25) is 0 Å². The van der Waals surface area contributed by atoms with Crippen LogP contribution in [0.4, 0.5) is 4.39 Å². The molecule has 2 aromatic rings. The zero-order chi connectivity index (χ0) is 13.1. The third kappa shape index (κ3) is 3.16. The molecule has 0 aliphatic rings. The fourth-order valence-corrected chi connectivity index (χ4v) is 3.07. The maximum absolute atomic E-state index is 13.3. The third-order valence-electron chi connectivity index (χ3n) is 2.59. The van der Waals surface area contributed by atoms with Gasteiger partial charge in [-0.15, -0.1) is 11.3 Å². The van der Waals surface area contributed by atoms with Crippen LogP contribution >= 0.6 is 27.3 Å². The Bertz CT molecular complexity index is 521. The van der Waals surface area contributed by atoms with E-state index in [1.54, 1.807) is 0 Å². The normalized spacial score (nSPS) is 12.7. The van der Waals surface area contributed by atoms with E-state index in [2.05, 4.69) is 40.1 Å². The molecule has 18 heavy (non-hydrogen) atoms. The number of hydrogen-bond acceptors (Lipinski definition) is 3. The minimum absolute atomic E-state index is 0.219. The summed E-state index contributed by atoms with van der Waals surface area (Å²) >= 11 is 4.83. The van der Waals surface area contributed by atoms with Gasteiger partial charge >= 0.3 is 0 Å². The summed E-state index contributed by atoms with van der Waals surface area (Å²) in [5.74, 6) is -0.254. The molecule has 0 amide bonds. The molecule has 1 atom stereocenters. The minimum atomic E-state index is -0.254. The second kappa shape index (κ2) is 5.91. The first-order valence-electron chi connectivity index (χ1n) is 5.75. The summed E-state index contributed by atoms with van der Waals surface area (Å²) in [6.45, 7) is 5.04. The van der Waals surface area contributed by atoms with Gasteiger partial charge in [0.25, 0.3) is 0 Å². The van der Waals surface area contributed by atoms with E-state index in [-0.39, 0.29) is 11.9 Å². The van der Waals surface area contributed by atoms with Crippen molar-refractivity contribution in [1.29, 1.82) is 0 Å². The van der Waals surface area contributed by atoms with Crippen LogP contribution in [0.1, 0.15) is 25.6 Å². The lowest BCUT2D eigenvalue weighted by Gasteiger charge is -2.08. The predicted octanol–water partition coefficient (Wildman–Crippen LogP) is 4.38. The molecule has 0 saturated heterocycles. The van der Waals surface area contributed by atoms with Crippen molar-refractivity contribution >= 4 is 27.3 Å². The topological polar surface area (TPSA) is 24.9 Å². The molecule has 0 saturated carbocycles. The third-order valence-corrected chi connectivity index (χ3v) is 3.95. The molecule has 1 aromatic heterocycles. The van der Waals surface area contributed by atoms with Crippen LogP contribution < -0.4 is 5.32 Å².